The van der Waals surface area contributed by atoms with Crippen molar-refractivity contribution in [2.75, 3.05) is 0 Å². The smallest absolute Gasteiger partial charge is 0.214 e. The molecule has 0 bridgehead atoms. The second-order valence-electron chi connectivity index (χ2n) is 5.07. The van der Waals surface area contributed by atoms with E-state index in [0.29, 0.717) is 16.8 Å². The number of benzene rings is 2. The molecule has 4 nitrogen and oxygen atoms in total. The normalized spacial score (nSPS) is 13.5. The van der Waals surface area contributed by atoms with Crippen molar-refractivity contribution in [3.05, 3.63) is 59.7 Å². The van der Waals surface area contributed by atoms with E-state index < -0.39 is 0 Å². The lowest BCUT2D eigenvalue weighted by Gasteiger charge is -2.01. The summed E-state index contributed by atoms with van der Waals surface area (Å²) >= 11 is 5.93. The van der Waals surface area contributed by atoms with Crippen LogP contribution < -0.4 is 0 Å². The Bertz CT molecular complexity index is 956. The van der Waals surface area contributed by atoms with Gasteiger partial charge in [0.1, 0.15) is 11.7 Å². The molecule has 1 aliphatic rings. The molecule has 0 fully saturated rings. The first-order chi connectivity index (χ1) is 10.7. The van der Waals surface area contributed by atoms with Gasteiger partial charge < -0.3 is 5.11 Å². The first kappa shape index (κ1) is 13.1. The van der Waals surface area contributed by atoms with E-state index in [1.54, 1.807) is 22.8 Å². The van der Waals surface area contributed by atoms with Crippen LogP contribution in [0.4, 0.5) is 5.69 Å². The standard InChI is InChI=1S/C17H11ClN2O2/c18-9-20-13-8-4-2-6-11(13)14(17(20)22)15-16(21)10-5-1-3-7-12(10)19-15/h1-8,22H,9H2. The van der Waals surface area contributed by atoms with Crippen LogP contribution in [0, 0.1) is 0 Å². The molecule has 0 amide bonds. The summed E-state index contributed by atoms with van der Waals surface area (Å²) in [7, 11) is 0. The molecule has 1 aliphatic heterocycles. The maximum absolute atomic E-state index is 12.6. The van der Waals surface area contributed by atoms with Gasteiger partial charge in [-0.2, -0.15) is 0 Å². The molecule has 3 aromatic rings. The maximum Gasteiger partial charge on any atom is 0.214 e. The van der Waals surface area contributed by atoms with Crippen molar-refractivity contribution < 1.29 is 9.90 Å². The molecule has 1 aromatic heterocycles. The van der Waals surface area contributed by atoms with Crippen molar-refractivity contribution in [3.8, 4) is 5.88 Å². The highest BCUT2D eigenvalue weighted by Crippen LogP contribution is 2.37. The number of aromatic nitrogens is 1. The van der Waals surface area contributed by atoms with Gasteiger partial charge in [0, 0.05) is 10.9 Å². The molecule has 0 aliphatic carbocycles. The van der Waals surface area contributed by atoms with Crippen LogP contribution in [0.5, 0.6) is 5.88 Å². The average Bonchev–Trinajstić information content (AvgIpc) is 3.01. The third-order valence-corrected chi connectivity index (χ3v) is 4.13. The minimum atomic E-state index is -0.177. The van der Waals surface area contributed by atoms with Crippen molar-refractivity contribution in [2.24, 2.45) is 4.99 Å². The van der Waals surface area contributed by atoms with E-state index in [1.165, 1.54) is 0 Å². The van der Waals surface area contributed by atoms with Gasteiger partial charge in [-0.3, -0.25) is 9.36 Å². The van der Waals surface area contributed by atoms with E-state index in [-0.39, 0.29) is 23.4 Å². The fourth-order valence-electron chi connectivity index (χ4n) is 2.88. The van der Waals surface area contributed by atoms with Crippen molar-refractivity contribution in [2.45, 2.75) is 6.00 Å². The highest BCUT2D eigenvalue weighted by atomic mass is 35.5. The van der Waals surface area contributed by atoms with Crippen LogP contribution in [0.2, 0.25) is 0 Å². The van der Waals surface area contributed by atoms with Gasteiger partial charge >= 0.3 is 0 Å². The van der Waals surface area contributed by atoms with Gasteiger partial charge in [-0.1, -0.05) is 30.3 Å². The van der Waals surface area contributed by atoms with Gasteiger partial charge in [-0.15, -0.1) is 11.6 Å². The molecular weight excluding hydrogens is 300 g/mol. The van der Waals surface area contributed by atoms with Crippen LogP contribution in [-0.4, -0.2) is 21.2 Å². The van der Waals surface area contributed by atoms with Gasteiger partial charge in [-0.05, 0) is 18.2 Å². The van der Waals surface area contributed by atoms with Gasteiger partial charge in [-0.25, -0.2) is 4.99 Å². The minimum Gasteiger partial charge on any atom is -0.494 e. The summed E-state index contributed by atoms with van der Waals surface area (Å²) in [5.74, 6) is -0.209. The summed E-state index contributed by atoms with van der Waals surface area (Å²) in [6.45, 7) is 0. The molecule has 108 valence electrons. The number of fused-ring (bicyclic) bond motifs is 2. The highest BCUT2D eigenvalue weighted by Gasteiger charge is 2.30. The molecule has 0 atom stereocenters. The van der Waals surface area contributed by atoms with Crippen molar-refractivity contribution in [3.63, 3.8) is 0 Å². The van der Waals surface area contributed by atoms with Crippen molar-refractivity contribution in [1.29, 1.82) is 0 Å². The van der Waals surface area contributed by atoms with E-state index in [9.17, 15) is 9.90 Å². The van der Waals surface area contributed by atoms with Crippen LogP contribution in [-0.2, 0) is 6.00 Å². The van der Waals surface area contributed by atoms with Gasteiger partial charge in [0.05, 0.1) is 16.8 Å². The number of alkyl halides is 1. The largest absolute Gasteiger partial charge is 0.494 e. The first-order valence-corrected chi connectivity index (χ1v) is 7.34. The van der Waals surface area contributed by atoms with Crippen LogP contribution in [0.1, 0.15) is 15.9 Å². The Morgan fingerprint density at radius 2 is 1.82 bits per heavy atom. The predicted molar refractivity (Wildman–Crippen MR) is 86.4 cm³/mol. The zero-order chi connectivity index (χ0) is 15.3. The predicted octanol–water partition coefficient (Wildman–Crippen LogP) is 3.86. The van der Waals surface area contributed by atoms with E-state index in [2.05, 4.69) is 4.99 Å². The van der Waals surface area contributed by atoms with Crippen LogP contribution in [0.15, 0.2) is 53.5 Å². The average molecular weight is 311 g/mol. The number of carbonyl (C=O) groups excluding carboxylic acids is 1. The van der Waals surface area contributed by atoms with E-state index in [0.717, 1.165) is 10.9 Å². The molecule has 4 rings (SSSR count). The number of ketones is 1. The van der Waals surface area contributed by atoms with E-state index >= 15 is 0 Å². The molecular formula is C17H11ClN2O2. The third kappa shape index (κ3) is 1.64. The van der Waals surface area contributed by atoms with Crippen molar-refractivity contribution >= 4 is 39.7 Å². The quantitative estimate of drug-likeness (QED) is 0.731. The van der Waals surface area contributed by atoms with Crippen LogP contribution in [0.3, 0.4) is 0 Å². The number of hydrogen-bond acceptors (Lipinski definition) is 3. The minimum absolute atomic E-state index is 0.0314. The number of Topliss-reactive ketones (excluding diaryl/α,β-unsaturated/α-hetero) is 1. The lowest BCUT2D eigenvalue weighted by Crippen LogP contribution is -2.11. The second-order valence-corrected chi connectivity index (χ2v) is 5.31. The second kappa shape index (κ2) is 4.71. The van der Waals surface area contributed by atoms with Crippen LogP contribution in [0.25, 0.3) is 10.9 Å². The molecule has 0 spiro atoms. The van der Waals surface area contributed by atoms with Gasteiger partial charge in [0.25, 0.3) is 0 Å². The Kier molecular flexibility index (Phi) is 2.81. The number of aromatic hydroxyl groups is 1. The number of halogens is 1. The van der Waals surface area contributed by atoms with E-state index in [4.69, 9.17) is 11.6 Å². The third-order valence-electron chi connectivity index (χ3n) is 3.90. The number of aliphatic imine (C=N–C) groups is 1. The number of hydrogen-bond donors (Lipinski definition) is 1. The molecule has 1 N–H and O–H groups in total. The van der Waals surface area contributed by atoms with Gasteiger partial charge in [0.2, 0.25) is 11.7 Å². The Balaban J connectivity index is 2.01. The summed E-state index contributed by atoms with van der Waals surface area (Å²) in [6.07, 6.45) is 0. The molecule has 5 heteroatoms. The van der Waals surface area contributed by atoms with Gasteiger partial charge in [0.15, 0.2) is 0 Å². The van der Waals surface area contributed by atoms with Crippen molar-refractivity contribution in [1.82, 2.24) is 4.57 Å². The monoisotopic (exact) mass is 310 g/mol. The number of para-hydroxylation sites is 2. The number of nitrogens with zero attached hydrogens (tertiary/aromatic N) is 2. The summed E-state index contributed by atoms with van der Waals surface area (Å²) in [6, 6.07) is 14.7. The molecule has 0 radical (unpaired) electrons. The van der Waals surface area contributed by atoms with E-state index in [1.807, 2.05) is 30.3 Å². The number of carbonyl (C=O) groups is 1. The Labute approximate surface area is 131 Å². The highest BCUT2D eigenvalue weighted by molar-refractivity contribution is 6.56. The molecule has 2 heterocycles. The zero-order valence-corrected chi connectivity index (χ0v) is 12.2. The Hall–Kier alpha value is -2.59. The zero-order valence-electron chi connectivity index (χ0n) is 11.5. The fourth-order valence-corrected chi connectivity index (χ4v) is 3.12. The SMILES string of the molecule is O=C1C(c2c(O)n(CCl)c3ccccc23)=Nc2ccccc21. The topological polar surface area (TPSA) is 54.6 Å². The summed E-state index contributed by atoms with van der Waals surface area (Å²) in [5.41, 5.74) is 2.66. The molecule has 2 aromatic carbocycles. The molecule has 0 saturated heterocycles. The summed E-state index contributed by atoms with van der Waals surface area (Å²) in [4.78, 5) is 17.0. The summed E-state index contributed by atoms with van der Waals surface area (Å²) < 4.78 is 1.56. The fraction of sp³-hybridized carbons (Fsp3) is 0.0588. The Morgan fingerprint density at radius 3 is 2.59 bits per heavy atom. The maximum atomic E-state index is 12.6. The molecule has 0 unspecified atom stereocenters. The van der Waals surface area contributed by atoms with Crippen LogP contribution >= 0.6 is 11.6 Å². The first-order valence-electron chi connectivity index (χ1n) is 6.81. The molecule has 0 saturated carbocycles. The summed E-state index contributed by atoms with van der Waals surface area (Å²) in [5, 5.41) is 11.3. The molecule has 22 heavy (non-hydrogen) atoms. The Morgan fingerprint density at radius 1 is 1.09 bits per heavy atom. The lowest BCUT2D eigenvalue weighted by molar-refractivity contribution is 0.107. The number of rotatable bonds is 2. The lowest BCUT2D eigenvalue weighted by atomic mass is 10.0.